The lowest BCUT2D eigenvalue weighted by Gasteiger charge is -2.41. The molecule has 0 saturated carbocycles. The van der Waals surface area contributed by atoms with Gasteiger partial charge in [-0.15, -0.1) is 0 Å². The third-order valence-electron chi connectivity index (χ3n) is 7.49. The van der Waals surface area contributed by atoms with Crippen molar-refractivity contribution in [2.75, 3.05) is 10.5 Å². The average Bonchev–Trinajstić information content (AvgIpc) is 2.93. The Morgan fingerprint density at radius 3 is 1.81 bits per heavy atom. The molecule has 1 aliphatic heterocycles. The zero-order valence-electron chi connectivity index (χ0n) is 21.8. The van der Waals surface area contributed by atoms with Crippen LogP contribution in [0, 0.1) is 0 Å². The molecule has 0 amide bonds. The van der Waals surface area contributed by atoms with Gasteiger partial charge in [-0.2, -0.15) is 0 Å². The summed E-state index contributed by atoms with van der Waals surface area (Å²) in [6.45, 7) is 3.62. The van der Waals surface area contributed by atoms with Crippen molar-refractivity contribution in [3.8, 4) is 0 Å². The van der Waals surface area contributed by atoms with E-state index in [0.717, 1.165) is 43.7 Å². The van der Waals surface area contributed by atoms with Crippen molar-refractivity contribution in [3.05, 3.63) is 108 Å². The van der Waals surface area contributed by atoms with Crippen LogP contribution < -0.4 is 10.5 Å². The monoisotopic (exact) mass is 491 g/mol. The number of hydrogen-bond donors (Lipinski definition) is 3. The van der Waals surface area contributed by atoms with Crippen molar-refractivity contribution in [2.45, 2.75) is 64.2 Å². The molecule has 2 atom stereocenters. The van der Waals surface area contributed by atoms with E-state index in [9.17, 15) is 5.11 Å². The van der Waals surface area contributed by atoms with Crippen molar-refractivity contribution < 1.29 is 5.11 Å². The molecule has 37 heavy (non-hydrogen) atoms. The Morgan fingerprint density at radius 2 is 1.27 bits per heavy atom. The molecular formula is C32H38BN3O. The number of nitrogens with zero attached hydrogens (tertiary/aromatic N) is 1. The summed E-state index contributed by atoms with van der Waals surface area (Å²) in [6, 6.07) is 34.1. The van der Waals surface area contributed by atoms with Crippen molar-refractivity contribution in [2.24, 2.45) is 0 Å². The highest BCUT2D eigenvalue weighted by Gasteiger charge is 2.40. The van der Waals surface area contributed by atoms with Gasteiger partial charge < -0.3 is 15.6 Å². The minimum atomic E-state index is -0.473. The second-order valence-corrected chi connectivity index (χ2v) is 10.3. The summed E-state index contributed by atoms with van der Waals surface area (Å²) in [5.74, 6) is -0.134. The molecule has 5 rings (SSSR count). The molecule has 1 aliphatic rings. The largest absolute Gasteiger partial charge is 0.408 e. The molecule has 4 nitrogen and oxygen atoms in total. The first-order chi connectivity index (χ1) is 18.2. The van der Waals surface area contributed by atoms with E-state index < -0.39 is 6.10 Å². The van der Waals surface area contributed by atoms with Gasteiger partial charge >= 0.3 is 6.98 Å². The number of benzene rings is 4. The smallest absolute Gasteiger partial charge is 0.391 e. The maximum absolute atomic E-state index is 11.8. The molecule has 0 aromatic heterocycles. The van der Waals surface area contributed by atoms with Crippen molar-refractivity contribution in [1.82, 2.24) is 4.90 Å². The Kier molecular flexibility index (Phi) is 8.44. The fourth-order valence-corrected chi connectivity index (χ4v) is 5.65. The first kappa shape index (κ1) is 25.4. The third-order valence-corrected chi connectivity index (χ3v) is 7.49. The number of hydrogen-bond acceptors (Lipinski definition) is 4. The van der Waals surface area contributed by atoms with Crippen LogP contribution in [0.25, 0.3) is 10.8 Å². The lowest BCUT2D eigenvalue weighted by Crippen LogP contribution is -2.60. The predicted octanol–water partition coefficient (Wildman–Crippen LogP) is 7.11. The zero-order chi connectivity index (χ0) is 25.5. The van der Waals surface area contributed by atoms with Crippen molar-refractivity contribution in [3.63, 3.8) is 0 Å². The number of nitrogens with one attached hydrogen (secondary N) is 2. The molecule has 0 radical (unpaired) electrons. The molecule has 1 heterocycles. The lowest BCUT2D eigenvalue weighted by atomic mass is 9.61. The van der Waals surface area contributed by atoms with Crippen LogP contribution in [0.4, 0.5) is 11.4 Å². The standard InChI is InChI=1S/C32H38BN3O/c1-2-3-4-11-22-30(37)32(33-34-28-20-12-18-27-19-13-21-29(35-33)31(27)28)36(23-25-14-7-5-8-15-25)24-26-16-9-6-10-17-26/h5-10,12-21,30,32,34-35,37H,2-4,11,22-24H2,1H3/t30-,32+/m1/s1. The van der Waals surface area contributed by atoms with E-state index in [0.29, 0.717) is 0 Å². The Bertz CT molecular complexity index is 1180. The highest BCUT2D eigenvalue weighted by Crippen LogP contribution is 2.35. The Hall–Kier alpha value is -3.28. The number of aliphatic hydroxyl groups is 1. The van der Waals surface area contributed by atoms with E-state index >= 15 is 0 Å². The second-order valence-electron chi connectivity index (χ2n) is 10.3. The van der Waals surface area contributed by atoms with Gasteiger partial charge in [0.05, 0.1) is 12.0 Å². The highest BCUT2D eigenvalue weighted by atomic mass is 16.3. The third kappa shape index (κ3) is 6.18. The van der Waals surface area contributed by atoms with Gasteiger partial charge in [-0.05, 0) is 35.1 Å². The van der Waals surface area contributed by atoms with E-state index in [2.05, 4.69) is 119 Å². The molecule has 5 heteroatoms. The molecule has 0 unspecified atom stereocenters. The Morgan fingerprint density at radius 1 is 0.703 bits per heavy atom. The average molecular weight is 491 g/mol. The van der Waals surface area contributed by atoms with E-state index in [1.54, 1.807) is 0 Å². The van der Waals surface area contributed by atoms with Crippen molar-refractivity contribution >= 4 is 29.1 Å². The summed E-state index contributed by atoms with van der Waals surface area (Å²) >= 11 is 0. The minimum absolute atomic E-state index is 0.130. The van der Waals surface area contributed by atoms with E-state index in [4.69, 9.17) is 0 Å². The van der Waals surface area contributed by atoms with Gasteiger partial charge in [-0.3, -0.25) is 4.90 Å². The van der Waals surface area contributed by atoms with Crippen LogP contribution >= 0.6 is 0 Å². The summed E-state index contributed by atoms with van der Waals surface area (Å²) in [5.41, 5.74) is 4.75. The van der Waals surface area contributed by atoms with Gasteiger partial charge in [0.15, 0.2) is 0 Å². The molecule has 0 spiro atoms. The normalized spacial score (nSPS) is 14.3. The number of anilines is 2. The van der Waals surface area contributed by atoms with E-state index in [1.165, 1.54) is 34.7 Å². The minimum Gasteiger partial charge on any atom is -0.408 e. The molecule has 0 saturated heterocycles. The van der Waals surface area contributed by atoms with Gasteiger partial charge in [-0.25, -0.2) is 0 Å². The lowest BCUT2D eigenvalue weighted by molar-refractivity contribution is 0.0698. The molecule has 0 bridgehead atoms. The summed E-state index contributed by atoms with van der Waals surface area (Å²) < 4.78 is 0. The first-order valence-electron chi connectivity index (χ1n) is 13.8. The topological polar surface area (TPSA) is 47.5 Å². The van der Waals surface area contributed by atoms with Gasteiger partial charge in [0.2, 0.25) is 0 Å². The summed E-state index contributed by atoms with van der Waals surface area (Å²) in [5, 5.41) is 21.8. The van der Waals surface area contributed by atoms with E-state index in [-0.39, 0.29) is 12.9 Å². The molecule has 4 aromatic rings. The molecule has 4 aromatic carbocycles. The number of unbranched alkanes of at least 4 members (excludes halogenated alkanes) is 3. The van der Waals surface area contributed by atoms with Crippen molar-refractivity contribution in [1.29, 1.82) is 0 Å². The molecule has 190 valence electrons. The summed E-state index contributed by atoms with van der Waals surface area (Å²) in [6.07, 6.45) is 4.92. The highest BCUT2D eigenvalue weighted by molar-refractivity contribution is 6.69. The molecule has 3 N–H and O–H groups in total. The Balaban J connectivity index is 1.49. The second kappa shape index (κ2) is 12.3. The fourth-order valence-electron chi connectivity index (χ4n) is 5.65. The van der Waals surface area contributed by atoms with Crippen LogP contribution in [0.1, 0.15) is 50.2 Å². The van der Waals surface area contributed by atoms with E-state index in [1.807, 2.05) is 0 Å². The quantitative estimate of drug-likeness (QED) is 0.146. The maximum atomic E-state index is 11.8. The van der Waals surface area contributed by atoms with Crippen LogP contribution in [-0.4, -0.2) is 29.0 Å². The van der Waals surface area contributed by atoms with Crippen LogP contribution in [0.3, 0.4) is 0 Å². The van der Waals surface area contributed by atoms with Crippen LogP contribution in [-0.2, 0) is 13.1 Å². The number of rotatable bonds is 12. The maximum Gasteiger partial charge on any atom is 0.391 e. The zero-order valence-corrected chi connectivity index (χ0v) is 21.8. The van der Waals surface area contributed by atoms with Crippen LogP contribution in [0.15, 0.2) is 97.1 Å². The number of aliphatic hydroxyl groups excluding tert-OH is 1. The summed E-state index contributed by atoms with van der Waals surface area (Å²) in [4.78, 5) is 2.45. The molecular weight excluding hydrogens is 453 g/mol. The SMILES string of the molecule is CCCCCC[C@@H](O)[C@@H](B1Nc2cccc3cccc(c23)N1)N(Cc1ccccc1)Cc1ccccc1. The van der Waals surface area contributed by atoms with Crippen LogP contribution in [0.2, 0.25) is 0 Å². The molecule has 0 aliphatic carbocycles. The van der Waals surface area contributed by atoms with Gasteiger partial charge in [0.1, 0.15) is 0 Å². The Labute approximate surface area is 221 Å². The molecule has 0 fully saturated rings. The fraction of sp³-hybridized carbons (Fsp3) is 0.312. The van der Waals surface area contributed by atoms with Crippen LogP contribution in [0.5, 0.6) is 0 Å². The first-order valence-corrected chi connectivity index (χ1v) is 13.8. The summed E-state index contributed by atoms with van der Waals surface area (Å²) in [7, 11) is 0. The van der Waals surface area contributed by atoms with Gasteiger partial charge in [-0.1, -0.05) is 118 Å². The van der Waals surface area contributed by atoms with Gasteiger partial charge in [0.25, 0.3) is 0 Å². The predicted molar refractivity (Wildman–Crippen MR) is 158 cm³/mol. The van der Waals surface area contributed by atoms with Gasteiger partial charge in [0, 0.05) is 29.9 Å².